The maximum atomic E-state index is 11.8. The van der Waals surface area contributed by atoms with Crippen LogP contribution in [0.5, 0.6) is 5.75 Å². The number of H-pyrrole nitrogens is 1. The van der Waals surface area contributed by atoms with Gasteiger partial charge in [0.1, 0.15) is 11.8 Å². The van der Waals surface area contributed by atoms with Gasteiger partial charge in [-0.15, -0.1) is 0 Å². The summed E-state index contributed by atoms with van der Waals surface area (Å²) in [7, 11) is 1.67. The summed E-state index contributed by atoms with van der Waals surface area (Å²) in [6, 6.07) is 16.2. The Morgan fingerprint density at radius 3 is 2.77 bits per heavy atom. The Kier molecular flexibility index (Phi) is 4.63. The first-order valence-electron chi connectivity index (χ1n) is 8.86. The zero-order valence-electron chi connectivity index (χ0n) is 14.7. The Labute approximate surface area is 152 Å². The smallest absolute Gasteiger partial charge is 0.323 e. The Morgan fingerprint density at radius 2 is 2.04 bits per heavy atom. The number of nitrogens with one attached hydrogen (secondary N) is 2. The van der Waals surface area contributed by atoms with Crippen molar-refractivity contribution in [3.63, 3.8) is 0 Å². The number of benzene rings is 2. The highest BCUT2D eigenvalue weighted by Crippen LogP contribution is 2.31. The molecular weight excluding hydrogens is 328 g/mol. The number of carbonyl (C=O) groups is 1. The summed E-state index contributed by atoms with van der Waals surface area (Å²) < 4.78 is 10.4. The third-order valence-corrected chi connectivity index (χ3v) is 5.02. The molecule has 26 heavy (non-hydrogen) atoms. The number of carbonyl (C=O) groups excluding carboxylic acids is 1. The van der Waals surface area contributed by atoms with Gasteiger partial charge in [-0.25, -0.2) is 0 Å². The molecule has 0 amide bonds. The molecule has 2 aromatic carbocycles. The Hall–Kier alpha value is -2.79. The number of hydrogen-bond donors (Lipinski definition) is 2. The Balaban J connectivity index is 1.67. The molecule has 4 rings (SSSR count). The quantitative estimate of drug-likeness (QED) is 0.670. The van der Waals surface area contributed by atoms with E-state index in [1.165, 1.54) is 16.5 Å². The van der Waals surface area contributed by atoms with Crippen LogP contribution in [-0.4, -0.2) is 37.3 Å². The minimum Gasteiger partial charge on any atom is -0.497 e. The van der Waals surface area contributed by atoms with Crippen molar-refractivity contribution in [3.05, 3.63) is 65.9 Å². The maximum Gasteiger partial charge on any atom is 0.323 e. The summed E-state index contributed by atoms with van der Waals surface area (Å²) >= 11 is 0. The fraction of sp³-hybridized carbons (Fsp3) is 0.286. The molecule has 3 aromatic rings. The van der Waals surface area contributed by atoms with Crippen molar-refractivity contribution in [2.24, 2.45) is 0 Å². The zero-order valence-corrected chi connectivity index (χ0v) is 14.7. The van der Waals surface area contributed by atoms with Crippen LogP contribution in [-0.2, 0) is 9.53 Å². The SMILES string of the molecule is COc1ccc([C@H](CN[C@@H]2CCOC2=O)c2c[nH]c3ccccc23)cc1. The van der Waals surface area contributed by atoms with Gasteiger partial charge in [-0.05, 0) is 29.3 Å². The molecule has 1 fully saturated rings. The molecule has 0 saturated carbocycles. The summed E-state index contributed by atoms with van der Waals surface area (Å²) in [5.41, 5.74) is 3.50. The molecular formula is C21H22N2O3. The van der Waals surface area contributed by atoms with Crippen LogP contribution in [0, 0.1) is 0 Å². The van der Waals surface area contributed by atoms with Crippen molar-refractivity contribution in [3.8, 4) is 5.75 Å². The molecule has 0 radical (unpaired) electrons. The van der Waals surface area contributed by atoms with Crippen molar-refractivity contribution in [1.82, 2.24) is 10.3 Å². The highest BCUT2D eigenvalue weighted by molar-refractivity contribution is 5.84. The van der Waals surface area contributed by atoms with Crippen molar-refractivity contribution >= 4 is 16.9 Å². The van der Waals surface area contributed by atoms with Crippen LogP contribution in [0.4, 0.5) is 0 Å². The normalized spacial score (nSPS) is 18.0. The second-order valence-corrected chi connectivity index (χ2v) is 6.53. The molecule has 5 nitrogen and oxygen atoms in total. The van der Waals surface area contributed by atoms with E-state index in [4.69, 9.17) is 9.47 Å². The van der Waals surface area contributed by atoms with Gasteiger partial charge < -0.3 is 19.8 Å². The summed E-state index contributed by atoms with van der Waals surface area (Å²) in [6.45, 7) is 1.16. The predicted molar refractivity (Wildman–Crippen MR) is 101 cm³/mol. The highest BCUT2D eigenvalue weighted by Gasteiger charge is 2.28. The molecule has 1 aromatic heterocycles. The monoisotopic (exact) mass is 350 g/mol. The zero-order chi connectivity index (χ0) is 17.9. The number of fused-ring (bicyclic) bond motifs is 1. The van der Waals surface area contributed by atoms with Gasteiger partial charge >= 0.3 is 5.97 Å². The Bertz CT molecular complexity index is 901. The van der Waals surface area contributed by atoms with Crippen LogP contribution < -0.4 is 10.1 Å². The minimum absolute atomic E-state index is 0.116. The lowest BCUT2D eigenvalue weighted by molar-refractivity contribution is -0.139. The largest absolute Gasteiger partial charge is 0.497 e. The topological polar surface area (TPSA) is 63.4 Å². The number of rotatable bonds is 6. The van der Waals surface area contributed by atoms with Crippen molar-refractivity contribution < 1.29 is 14.3 Å². The average molecular weight is 350 g/mol. The molecule has 2 atom stereocenters. The number of hydrogen-bond acceptors (Lipinski definition) is 4. The molecule has 2 N–H and O–H groups in total. The van der Waals surface area contributed by atoms with Gasteiger partial charge in [-0.1, -0.05) is 30.3 Å². The molecule has 1 saturated heterocycles. The second-order valence-electron chi connectivity index (χ2n) is 6.53. The van der Waals surface area contributed by atoms with E-state index >= 15 is 0 Å². The first-order chi connectivity index (χ1) is 12.8. The van der Waals surface area contributed by atoms with E-state index < -0.39 is 0 Å². The van der Waals surface area contributed by atoms with Gasteiger partial charge in [-0.3, -0.25) is 4.79 Å². The van der Waals surface area contributed by atoms with Crippen LogP contribution in [0.15, 0.2) is 54.7 Å². The van der Waals surface area contributed by atoms with Gasteiger partial charge in [0.15, 0.2) is 0 Å². The molecule has 1 aliphatic rings. The van der Waals surface area contributed by atoms with Crippen LogP contribution in [0.2, 0.25) is 0 Å². The lowest BCUT2D eigenvalue weighted by Gasteiger charge is -2.20. The van der Waals surface area contributed by atoms with E-state index in [1.54, 1.807) is 7.11 Å². The first-order valence-corrected chi connectivity index (χ1v) is 8.86. The minimum atomic E-state index is -0.221. The van der Waals surface area contributed by atoms with Gasteiger partial charge in [0, 0.05) is 36.0 Å². The fourth-order valence-electron chi connectivity index (χ4n) is 3.57. The van der Waals surface area contributed by atoms with Gasteiger partial charge in [0.05, 0.1) is 13.7 Å². The number of methoxy groups -OCH3 is 1. The number of aromatic nitrogens is 1. The standard InChI is InChI=1S/C21H22N2O3/c1-25-15-8-6-14(7-9-15)17(12-23-20-10-11-26-21(20)24)18-13-22-19-5-3-2-4-16(18)19/h2-9,13,17,20,22-23H,10-12H2,1H3/t17-,20+/m0/s1. The summed E-state index contributed by atoms with van der Waals surface area (Å²) in [4.78, 5) is 15.2. The van der Waals surface area contributed by atoms with Gasteiger partial charge in [0.2, 0.25) is 0 Å². The third-order valence-electron chi connectivity index (χ3n) is 5.02. The number of cyclic esters (lactones) is 1. The fourth-order valence-corrected chi connectivity index (χ4v) is 3.57. The molecule has 0 aliphatic carbocycles. The second kappa shape index (κ2) is 7.22. The van der Waals surface area contributed by atoms with Crippen LogP contribution in [0.1, 0.15) is 23.5 Å². The van der Waals surface area contributed by atoms with Gasteiger partial charge in [0.25, 0.3) is 0 Å². The summed E-state index contributed by atoms with van der Waals surface area (Å²) in [5.74, 6) is 0.793. The number of para-hydroxylation sites is 1. The average Bonchev–Trinajstić information content (AvgIpc) is 3.29. The van der Waals surface area contributed by atoms with Crippen LogP contribution in [0.3, 0.4) is 0 Å². The number of esters is 1. The molecule has 0 unspecified atom stereocenters. The number of aromatic amines is 1. The summed E-state index contributed by atoms with van der Waals surface area (Å²) in [5, 5.41) is 4.59. The van der Waals surface area contributed by atoms with Crippen LogP contribution >= 0.6 is 0 Å². The molecule has 134 valence electrons. The first kappa shape index (κ1) is 16.7. The predicted octanol–water partition coefficient (Wildman–Crippen LogP) is 3.21. The Morgan fingerprint density at radius 1 is 1.23 bits per heavy atom. The summed E-state index contributed by atoms with van der Waals surface area (Å²) in [6.07, 6.45) is 2.79. The van der Waals surface area contributed by atoms with Crippen molar-refractivity contribution in [1.29, 1.82) is 0 Å². The van der Waals surface area contributed by atoms with E-state index in [1.807, 2.05) is 24.3 Å². The lowest BCUT2D eigenvalue weighted by Crippen LogP contribution is -2.36. The highest BCUT2D eigenvalue weighted by atomic mass is 16.5. The third kappa shape index (κ3) is 3.18. The van der Waals surface area contributed by atoms with Crippen molar-refractivity contribution in [2.75, 3.05) is 20.3 Å². The van der Waals surface area contributed by atoms with Gasteiger partial charge in [-0.2, -0.15) is 0 Å². The van der Waals surface area contributed by atoms with E-state index in [2.05, 4.69) is 40.8 Å². The molecule has 5 heteroatoms. The van der Waals surface area contributed by atoms with E-state index in [-0.39, 0.29) is 17.9 Å². The molecule has 0 spiro atoms. The maximum absolute atomic E-state index is 11.8. The van der Waals surface area contributed by atoms with Crippen LogP contribution in [0.25, 0.3) is 10.9 Å². The lowest BCUT2D eigenvalue weighted by atomic mass is 9.90. The molecule has 2 heterocycles. The number of ether oxygens (including phenoxy) is 2. The van der Waals surface area contributed by atoms with E-state index in [9.17, 15) is 4.79 Å². The van der Waals surface area contributed by atoms with Crippen molar-refractivity contribution in [2.45, 2.75) is 18.4 Å². The molecule has 0 bridgehead atoms. The van der Waals surface area contributed by atoms with E-state index in [0.29, 0.717) is 13.2 Å². The van der Waals surface area contributed by atoms with E-state index in [0.717, 1.165) is 17.7 Å². The molecule has 1 aliphatic heterocycles.